The number of rotatable bonds is 5. The minimum absolute atomic E-state index is 0.220. The van der Waals surface area contributed by atoms with E-state index in [1.807, 2.05) is 39.8 Å². The van der Waals surface area contributed by atoms with Crippen molar-refractivity contribution >= 4 is 12.0 Å². The first-order valence-electron chi connectivity index (χ1n) is 9.49. The van der Waals surface area contributed by atoms with Crippen molar-refractivity contribution in [2.45, 2.75) is 52.1 Å². The average Bonchev–Trinajstić information content (AvgIpc) is 2.58. The minimum atomic E-state index is -0.480. The second-order valence-corrected chi connectivity index (χ2v) is 8.30. The number of methoxy groups -OCH3 is 1. The first-order chi connectivity index (χ1) is 12.6. The molecule has 2 N–H and O–H groups in total. The Hall–Kier alpha value is -2.08. The van der Waals surface area contributed by atoms with E-state index < -0.39 is 11.5 Å². The molecule has 6 heteroatoms. The predicted molar refractivity (Wildman–Crippen MR) is 105 cm³/mol. The van der Waals surface area contributed by atoms with Gasteiger partial charge in [0.05, 0.1) is 6.61 Å². The molecule has 1 aliphatic heterocycles. The maximum Gasteiger partial charge on any atom is 0.410 e. The number of ether oxygens (including phenoxy) is 2. The molecule has 1 fully saturated rings. The second-order valence-electron chi connectivity index (χ2n) is 8.30. The van der Waals surface area contributed by atoms with Crippen molar-refractivity contribution in [2.75, 3.05) is 26.8 Å². The van der Waals surface area contributed by atoms with E-state index in [4.69, 9.17) is 15.2 Å². The maximum absolute atomic E-state index is 12.3. The van der Waals surface area contributed by atoms with E-state index in [1.54, 1.807) is 18.1 Å². The first-order valence-corrected chi connectivity index (χ1v) is 9.49. The fourth-order valence-corrected chi connectivity index (χ4v) is 3.72. The Morgan fingerprint density at radius 1 is 1.26 bits per heavy atom. The lowest BCUT2D eigenvalue weighted by atomic mass is 9.79. The van der Waals surface area contributed by atoms with E-state index in [0.29, 0.717) is 31.2 Å². The van der Waals surface area contributed by atoms with E-state index in [-0.39, 0.29) is 12.0 Å². The third kappa shape index (κ3) is 5.70. The lowest BCUT2D eigenvalue weighted by molar-refractivity contribution is 0.0159. The number of nitrogens with two attached hydrogens (primary N) is 1. The zero-order chi connectivity index (χ0) is 20.2. The number of benzene rings is 1. The van der Waals surface area contributed by atoms with Crippen LogP contribution in [0.4, 0.5) is 4.79 Å². The highest BCUT2D eigenvalue weighted by molar-refractivity contribution is 5.93. The number of carbonyl (C=O) groups excluding carboxylic acids is 2. The molecule has 1 aromatic rings. The van der Waals surface area contributed by atoms with Crippen molar-refractivity contribution in [1.29, 1.82) is 0 Å². The van der Waals surface area contributed by atoms with E-state index >= 15 is 0 Å². The quantitative estimate of drug-likeness (QED) is 0.853. The zero-order valence-corrected chi connectivity index (χ0v) is 17.1. The van der Waals surface area contributed by atoms with Crippen LogP contribution < -0.4 is 5.73 Å². The number of amides is 2. The number of likely N-dealkylation sites (tertiary alicyclic amines) is 1. The molecule has 1 saturated heterocycles. The summed E-state index contributed by atoms with van der Waals surface area (Å²) in [5.41, 5.74) is 7.65. The van der Waals surface area contributed by atoms with Crippen molar-refractivity contribution in [1.82, 2.24) is 4.90 Å². The van der Waals surface area contributed by atoms with Gasteiger partial charge in [-0.15, -0.1) is 0 Å². The molecule has 27 heavy (non-hydrogen) atoms. The lowest BCUT2D eigenvalue weighted by Crippen LogP contribution is -2.43. The zero-order valence-electron chi connectivity index (χ0n) is 17.1. The van der Waals surface area contributed by atoms with Gasteiger partial charge in [-0.05, 0) is 69.7 Å². The van der Waals surface area contributed by atoms with Crippen LogP contribution in [0.2, 0.25) is 0 Å². The Bertz CT molecular complexity index is 673. The molecule has 2 amide bonds. The van der Waals surface area contributed by atoms with E-state index in [1.165, 1.54) is 5.56 Å². The maximum atomic E-state index is 12.3. The summed E-state index contributed by atoms with van der Waals surface area (Å²) in [5, 5.41) is 0. The summed E-state index contributed by atoms with van der Waals surface area (Å²) in [7, 11) is 1.70. The first kappa shape index (κ1) is 21.2. The lowest BCUT2D eigenvalue weighted by Gasteiger charge is -2.37. The van der Waals surface area contributed by atoms with Gasteiger partial charge in [-0.3, -0.25) is 4.79 Å². The molecule has 0 saturated carbocycles. The van der Waals surface area contributed by atoms with Gasteiger partial charge in [-0.1, -0.05) is 6.07 Å². The molecule has 6 nitrogen and oxygen atoms in total. The largest absolute Gasteiger partial charge is 0.444 e. The van der Waals surface area contributed by atoms with Gasteiger partial charge in [0.2, 0.25) is 5.91 Å². The summed E-state index contributed by atoms with van der Waals surface area (Å²) >= 11 is 0. The van der Waals surface area contributed by atoms with E-state index in [9.17, 15) is 9.59 Å². The fourth-order valence-electron chi connectivity index (χ4n) is 3.72. The van der Waals surface area contributed by atoms with Crippen LogP contribution in [-0.4, -0.2) is 49.3 Å². The van der Waals surface area contributed by atoms with Crippen LogP contribution in [0.1, 0.15) is 61.0 Å². The van der Waals surface area contributed by atoms with Gasteiger partial charge in [0.1, 0.15) is 5.60 Å². The van der Waals surface area contributed by atoms with Crippen LogP contribution >= 0.6 is 0 Å². The topological polar surface area (TPSA) is 81.9 Å². The molecule has 0 radical (unpaired) electrons. The molecule has 150 valence electrons. The molecule has 1 aliphatic rings. The Kier molecular flexibility index (Phi) is 6.87. The molecular formula is C21H32N2O4. The molecule has 0 aliphatic carbocycles. The van der Waals surface area contributed by atoms with Crippen molar-refractivity contribution in [3.8, 4) is 0 Å². The molecule has 0 aromatic heterocycles. The number of primary amides is 1. The highest BCUT2D eigenvalue weighted by Crippen LogP contribution is 2.35. The molecule has 0 spiro atoms. The van der Waals surface area contributed by atoms with Crippen LogP contribution in [-0.2, 0) is 9.47 Å². The predicted octanol–water partition coefficient (Wildman–Crippen LogP) is 3.47. The van der Waals surface area contributed by atoms with E-state index in [0.717, 1.165) is 18.4 Å². The number of piperidine rings is 1. The summed E-state index contributed by atoms with van der Waals surface area (Å²) in [5.74, 6) is 0.207. The number of aryl methyl sites for hydroxylation is 1. The van der Waals surface area contributed by atoms with Crippen molar-refractivity contribution in [3.63, 3.8) is 0 Å². The molecule has 1 aromatic carbocycles. The van der Waals surface area contributed by atoms with Crippen LogP contribution in [0.15, 0.2) is 18.2 Å². The third-order valence-corrected chi connectivity index (χ3v) is 5.06. The summed E-state index contributed by atoms with van der Waals surface area (Å²) in [6, 6.07) is 5.61. The van der Waals surface area contributed by atoms with Gasteiger partial charge in [0.25, 0.3) is 0 Å². The average molecular weight is 376 g/mol. The number of hydrogen-bond donors (Lipinski definition) is 1. The Morgan fingerprint density at radius 3 is 2.37 bits per heavy atom. The van der Waals surface area contributed by atoms with Crippen LogP contribution in [0.25, 0.3) is 0 Å². The summed E-state index contributed by atoms with van der Waals surface area (Å²) in [6.45, 7) is 9.60. The normalized spacial score (nSPS) is 16.9. The van der Waals surface area contributed by atoms with Gasteiger partial charge in [0, 0.05) is 31.7 Å². The highest BCUT2D eigenvalue weighted by atomic mass is 16.6. The standard InChI is InChI=1S/C21H32N2O4/c1-14-12-16(19(22)24)6-7-17(14)18(13-26-5)15-8-10-23(11-9-15)20(25)27-21(2,3)4/h6-7,12,15,18H,8-11,13H2,1-5H3,(H2,22,24). The van der Waals surface area contributed by atoms with Crippen molar-refractivity contribution in [2.24, 2.45) is 11.7 Å². The Labute approximate surface area is 162 Å². The second kappa shape index (κ2) is 8.74. The summed E-state index contributed by atoms with van der Waals surface area (Å²) in [4.78, 5) is 25.5. The molecule has 1 atom stereocenters. The van der Waals surface area contributed by atoms with Crippen molar-refractivity contribution in [3.05, 3.63) is 34.9 Å². The van der Waals surface area contributed by atoms with Gasteiger partial charge in [-0.25, -0.2) is 4.79 Å². The van der Waals surface area contributed by atoms with Gasteiger partial charge in [0.15, 0.2) is 0 Å². The van der Waals surface area contributed by atoms with Crippen LogP contribution in [0.3, 0.4) is 0 Å². The van der Waals surface area contributed by atoms with Gasteiger partial charge < -0.3 is 20.1 Å². The van der Waals surface area contributed by atoms with Gasteiger partial charge >= 0.3 is 6.09 Å². The summed E-state index contributed by atoms with van der Waals surface area (Å²) in [6.07, 6.45) is 1.54. The smallest absolute Gasteiger partial charge is 0.410 e. The minimum Gasteiger partial charge on any atom is -0.444 e. The molecule has 1 unspecified atom stereocenters. The molecular weight excluding hydrogens is 344 g/mol. The number of hydrogen-bond acceptors (Lipinski definition) is 4. The number of nitrogens with zero attached hydrogens (tertiary/aromatic N) is 1. The Balaban J connectivity index is 2.09. The van der Waals surface area contributed by atoms with E-state index in [2.05, 4.69) is 0 Å². The van der Waals surface area contributed by atoms with Gasteiger partial charge in [-0.2, -0.15) is 0 Å². The molecule has 0 bridgehead atoms. The third-order valence-electron chi connectivity index (χ3n) is 5.06. The highest BCUT2D eigenvalue weighted by Gasteiger charge is 2.32. The summed E-state index contributed by atoms with van der Waals surface area (Å²) < 4.78 is 11.0. The van der Waals surface area contributed by atoms with Crippen LogP contribution in [0.5, 0.6) is 0 Å². The van der Waals surface area contributed by atoms with Crippen molar-refractivity contribution < 1.29 is 19.1 Å². The van der Waals surface area contributed by atoms with Crippen LogP contribution in [0, 0.1) is 12.8 Å². The SMILES string of the molecule is COCC(c1ccc(C(N)=O)cc1C)C1CCN(C(=O)OC(C)(C)C)CC1. The monoisotopic (exact) mass is 376 g/mol. The Morgan fingerprint density at radius 2 is 1.89 bits per heavy atom. The fraction of sp³-hybridized carbons (Fsp3) is 0.619. The molecule has 2 rings (SSSR count). The number of carbonyl (C=O) groups is 2. The molecule has 1 heterocycles.